The summed E-state index contributed by atoms with van der Waals surface area (Å²) in [4.78, 5) is 2.31. The van der Waals surface area contributed by atoms with Crippen LogP contribution < -0.4 is 5.73 Å². The average Bonchev–Trinajstić information content (AvgIpc) is 2.73. The zero-order chi connectivity index (χ0) is 12.8. The predicted molar refractivity (Wildman–Crippen MR) is 75.5 cm³/mol. The van der Waals surface area contributed by atoms with Gasteiger partial charge < -0.3 is 10.2 Å². The summed E-state index contributed by atoms with van der Waals surface area (Å²) in [5.41, 5.74) is 5.87. The largest absolute Gasteiger partial charge is 0.465 e. The van der Waals surface area contributed by atoms with E-state index in [-0.39, 0.29) is 6.04 Å². The topological polar surface area (TPSA) is 42.4 Å². The third-order valence-electron chi connectivity index (χ3n) is 3.24. The van der Waals surface area contributed by atoms with Gasteiger partial charge in [-0.05, 0) is 51.5 Å². The molecular formula is C13H24N2OS. The minimum Gasteiger partial charge on any atom is -0.465 e. The lowest BCUT2D eigenvalue weighted by molar-refractivity contribution is 0.164. The summed E-state index contributed by atoms with van der Waals surface area (Å²) in [5, 5.41) is 0. The number of hydrogen-bond donors (Lipinski definition) is 1. The molecule has 1 heterocycles. The first-order valence-electron chi connectivity index (χ1n) is 6.07. The van der Waals surface area contributed by atoms with Gasteiger partial charge in [0.1, 0.15) is 11.5 Å². The molecule has 0 fully saturated rings. The van der Waals surface area contributed by atoms with Crippen LogP contribution in [0.15, 0.2) is 16.5 Å². The molecule has 2 N–H and O–H groups in total. The number of nitrogens with two attached hydrogens (primary N) is 1. The van der Waals surface area contributed by atoms with Crippen molar-refractivity contribution < 1.29 is 4.42 Å². The number of aryl methyl sites for hydroxylation is 1. The van der Waals surface area contributed by atoms with Gasteiger partial charge in [-0.3, -0.25) is 4.90 Å². The number of thioether (sulfide) groups is 1. The molecule has 0 saturated carbocycles. The lowest BCUT2D eigenvalue weighted by atomic mass is 10.1. The highest BCUT2D eigenvalue weighted by molar-refractivity contribution is 7.98. The van der Waals surface area contributed by atoms with E-state index in [9.17, 15) is 0 Å². The maximum atomic E-state index is 5.87. The van der Waals surface area contributed by atoms with Crippen LogP contribution in [0.4, 0.5) is 0 Å². The van der Waals surface area contributed by atoms with Crippen LogP contribution in [0, 0.1) is 6.92 Å². The molecule has 1 aromatic rings. The van der Waals surface area contributed by atoms with Crippen LogP contribution in [0.25, 0.3) is 0 Å². The molecule has 0 bridgehead atoms. The molecular weight excluding hydrogens is 232 g/mol. The molecule has 2 atom stereocenters. The van der Waals surface area contributed by atoms with Gasteiger partial charge in [-0.2, -0.15) is 11.8 Å². The second-order valence-corrected chi connectivity index (χ2v) is 5.48. The number of furan rings is 1. The molecule has 0 saturated heterocycles. The van der Waals surface area contributed by atoms with Gasteiger partial charge in [0.05, 0.1) is 6.04 Å². The summed E-state index contributed by atoms with van der Waals surface area (Å²) >= 11 is 1.89. The Labute approximate surface area is 109 Å². The fourth-order valence-electron chi connectivity index (χ4n) is 1.91. The molecule has 0 amide bonds. The van der Waals surface area contributed by atoms with Gasteiger partial charge in [0.25, 0.3) is 0 Å². The van der Waals surface area contributed by atoms with Crippen molar-refractivity contribution in [2.45, 2.75) is 32.4 Å². The maximum absolute atomic E-state index is 5.87. The Hall–Kier alpha value is -0.450. The van der Waals surface area contributed by atoms with E-state index in [1.807, 2.05) is 30.8 Å². The summed E-state index contributed by atoms with van der Waals surface area (Å²) in [6, 6.07) is 4.73. The van der Waals surface area contributed by atoms with E-state index < -0.39 is 0 Å². The Morgan fingerprint density at radius 2 is 2.18 bits per heavy atom. The molecule has 0 aromatic carbocycles. The quantitative estimate of drug-likeness (QED) is 0.814. The summed E-state index contributed by atoms with van der Waals surface area (Å²) in [7, 11) is 2.13. The SMILES string of the molecule is CSCCC(C)N(C)C(CN)c1ccc(C)o1. The second kappa shape index (κ2) is 7.09. The molecule has 0 aliphatic carbocycles. The van der Waals surface area contributed by atoms with Crippen molar-refractivity contribution in [2.75, 3.05) is 25.6 Å². The monoisotopic (exact) mass is 256 g/mol. The molecule has 2 unspecified atom stereocenters. The molecule has 17 heavy (non-hydrogen) atoms. The van der Waals surface area contributed by atoms with Crippen molar-refractivity contribution >= 4 is 11.8 Å². The van der Waals surface area contributed by atoms with Gasteiger partial charge in [-0.1, -0.05) is 0 Å². The predicted octanol–water partition coefficient (Wildman–Crippen LogP) is 2.66. The first-order valence-corrected chi connectivity index (χ1v) is 7.46. The first kappa shape index (κ1) is 14.6. The Bertz CT molecular complexity index is 327. The van der Waals surface area contributed by atoms with Crippen LogP contribution in [0.5, 0.6) is 0 Å². The highest BCUT2D eigenvalue weighted by Gasteiger charge is 2.22. The third-order valence-corrected chi connectivity index (χ3v) is 3.88. The minimum absolute atomic E-state index is 0.181. The zero-order valence-electron chi connectivity index (χ0n) is 11.3. The smallest absolute Gasteiger partial charge is 0.122 e. The Balaban J connectivity index is 2.66. The van der Waals surface area contributed by atoms with Gasteiger partial charge in [0, 0.05) is 12.6 Å². The third kappa shape index (κ3) is 4.05. The second-order valence-electron chi connectivity index (χ2n) is 4.50. The summed E-state index contributed by atoms with van der Waals surface area (Å²) in [6.07, 6.45) is 3.32. The molecule has 1 aromatic heterocycles. The highest BCUT2D eigenvalue weighted by atomic mass is 32.2. The molecule has 0 spiro atoms. The van der Waals surface area contributed by atoms with Crippen LogP contribution in [0.1, 0.15) is 30.9 Å². The van der Waals surface area contributed by atoms with Gasteiger partial charge in [0.2, 0.25) is 0 Å². The molecule has 0 aliphatic heterocycles. The van der Waals surface area contributed by atoms with Crippen molar-refractivity contribution in [3.05, 3.63) is 23.7 Å². The zero-order valence-corrected chi connectivity index (χ0v) is 12.1. The maximum Gasteiger partial charge on any atom is 0.122 e. The van der Waals surface area contributed by atoms with Crippen LogP contribution in [0.3, 0.4) is 0 Å². The minimum atomic E-state index is 0.181. The van der Waals surface area contributed by atoms with Crippen molar-refractivity contribution in [1.29, 1.82) is 0 Å². The van der Waals surface area contributed by atoms with E-state index in [2.05, 4.69) is 25.1 Å². The van der Waals surface area contributed by atoms with E-state index in [0.717, 1.165) is 11.5 Å². The molecule has 0 radical (unpaired) electrons. The fourth-order valence-corrected chi connectivity index (χ4v) is 2.49. The average molecular weight is 256 g/mol. The van der Waals surface area contributed by atoms with Crippen molar-refractivity contribution in [2.24, 2.45) is 5.73 Å². The molecule has 1 rings (SSSR count). The number of nitrogens with zero attached hydrogens (tertiary/aromatic N) is 1. The van der Waals surface area contributed by atoms with Crippen LogP contribution in [0.2, 0.25) is 0 Å². The normalized spacial score (nSPS) is 15.2. The molecule has 4 heteroatoms. The standard InChI is InChI=1S/C13H24N2OS/c1-10(7-8-17-4)15(3)12(9-14)13-6-5-11(2)16-13/h5-6,10,12H,7-9,14H2,1-4H3. The van der Waals surface area contributed by atoms with E-state index in [1.165, 1.54) is 12.2 Å². The molecule has 3 nitrogen and oxygen atoms in total. The Kier molecular flexibility index (Phi) is 6.09. The van der Waals surface area contributed by atoms with Crippen LogP contribution >= 0.6 is 11.8 Å². The summed E-state index contributed by atoms with van der Waals surface area (Å²) in [5.74, 6) is 3.10. The Morgan fingerprint density at radius 3 is 2.65 bits per heavy atom. The van der Waals surface area contributed by atoms with Gasteiger partial charge in [-0.15, -0.1) is 0 Å². The van der Waals surface area contributed by atoms with Crippen LogP contribution in [-0.2, 0) is 0 Å². The van der Waals surface area contributed by atoms with E-state index >= 15 is 0 Å². The lowest BCUT2D eigenvalue weighted by Crippen LogP contribution is -2.37. The highest BCUT2D eigenvalue weighted by Crippen LogP contribution is 2.23. The number of likely N-dealkylation sites (N-methyl/N-ethyl adjacent to an activating group) is 1. The summed E-state index contributed by atoms with van der Waals surface area (Å²) in [6.45, 7) is 4.80. The van der Waals surface area contributed by atoms with E-state index in [1.54, 1.807) is 0 Å². The van der Waals surface area contributed by atoms with Crippen molar-refractivity contribution in [3.8, 4) is 0 Å². The molecule has 98 valence electrons. The van der Waals surface area contributed by atoms with Gasteiger partial charge in [-0.25, -0.2) is 0 Å². The fraction of sp³-hybridized carbons (Fsp3) is 0.692. The van der Waals surface area contributed by atoms with Crippen LogP contribution in [-0.4, -0.2) is 36.5 Å². The van der Waals surface area contributed by atoms with Gasteiger partial charge in [0.15, 0.2) is 0 Å². The first-order chi connectivity index (χ1) is 8.10. The Morgan fingerprint density at radius 1 is 1.47 bits per heavy atom. The summed E-state index contributed by atoms with van der Waals surface area (Å²) < 4.78 is 5.69. The van der Waals surface area contributed by atoms with Crippen molar-refractivity contribution in [1.82, 2.24) is 4.90 Å². The van der Waals surface area contributed by atoms with E-state index in [4.69, 9.17) is 10.2 Å². The van der Waals surface area contributed by atoms with Gasteiger partial charge >= 0.3 is 0 Å². The van der Waals surface area contributed by atoms with E-state index in [0.29, 0.717) is 12.6 Å². The van der Waals surface area contributed by atoms with Crippen molar-refractivity contribution in [3.63, 3.8) is 0 Å². The molecule has 0 aliphatic rings. The number of hydrogen-bond acceptors (Lipinski definition) is 4. The lowest BCUT2D eigenvalue weighted by Gasteiger charge is -2.31. The number of rotatable bonds is 7.